The molecule has 7 nitrogen and oxygen atoms in total. The van der Waals surface area contributed by atoms with Gasteiger partial charge in [0.25, 0.3) is 11.8 Å². The maximum absolute atomic E-state index is 14.3. The van der Waals surface area contributed by atoms with Crippen molar-refractivity contribution < 1.29 is 32.3 Å². The van der Waals surface area contributed by atoms with Crippen LogP contribution in [0.5, 0.6) is 0 Å². The molecule has 2 aromatic carbocycles. The van der Waals surface area contributed by atoms with E-state index in [1.807, 2.05) is 0 Å². The van der Waals surface area contributed by atoms with Crippen molar-refractivity contribution in [3.63, 3.8) is 0 Å². The predicted molar refractivity (Wildman–Crippen MR) is 129 cm³/mol. The number of halogens is 4. The van der Waals surface area contributed by atoms with E-state index in [1.54, 1.807) is 36.4 Å². The van der Waals surface area contributed by atoms with E-state index in [4.69, 9.17) is 11.6 Å². The van der Waals surface area contributed by atoms with Gasteiger partial charge in [0.1, 0.15) is 12.1 Å². The quantitative estimate of drug-likeness (QED) is 0.529. The van der Waals surface area contributed by atoms with Crippen LogP contribution in [0.4, 0.5) is 13.2 Å². The Hall–Kier alpha value is -3.40. The van der Waals surface area contributed by atoms with E-state index in [9.17, 15) is 32.3 Å². The van der Waals surface area contributed by atoms with Gasteiger partial charge in [-0.1, -0.05) is 35.9 Å². The fourth-order valence-corrected chi connectivity index (χ4v) is 5.48. The largest absolute Gasteiger partial charge is 0.410 e. The summed E-state index contributed by atoms with van der Waals surface area (Å²) in [5.74, 6) is -3.02. The lowest BCUT2D eigenvalue weighted by Crippen LogP contribution is -2.60. The minimum absolute atomic E-state index is 0.0560. The molecule has 11 heteroatoms. The molecule has 4 amide bonds. The van der Waals surface area contributed by atoms with Crippen LogP contribution < -0.4 is 0 Å². The number of benzene rings is 2. The zero-order valence-corrected chi connectivity index (χ0v) is 21.1. The standard InChI is InChI=1S/C26H25ClF3N3O4/c1-14(32-24(36)18-9-4-5-10-19(18)25(32)37)23(35)33-20(16-7-6-8-17(27)13-16)11-12-21(33)22(26(28,29)30)31(3)15(2)34/h4-10,13-14,20-22H,11-12H2,1-3H3/t14?,20-,21+,22?/m0/s1. The molecule has 4 rings (SSSR count). The van der Waals surface area contributed by atoms with Crippen molar-refractivity contribution in [1.82, 2.24) is 14.7 Å². The van der Waals surface area contributed by atoms with E-state index < -0.39 is 54.0 Å². The lowest BCUT2D eigenvalue weighted by Gasteiger charge is -2.41. The molecule has 0 radical (unpaired) electrons. The van der Waals surface area contributed by atoms with Crippen molar-refractivity contribution in [1.29, 1.82) is 0 Å². The van der Waals surface area contributed by atoms with Gasteiger partial charge < -0.3 is 9.80 Å². The van der Waals surface area contributed by atoms with E-state index >= 15 is 0 Å². The Bertz CT molecular complexity index is 1230. The molecule has 2 aromatic rings. The maximum atomic E-state index is 14.3. The van der Waals surface area contributed by atoms with Crippen molar-refractivity contribution in [2.24, 2.45) is 0 Å². The lowest BCUT2D eigenvalue weighted by molar-refractivity contribution is -0.200. The number of likely N-dealkylation sites (N-methyl/N-ethyl adjacent to an activating group) is 1. The van der Waals surface area contributed by atoms with Crippen LogP contribution in [0.1, 0.15) is 59.0 Å². The minimum Gasteiger partial charge on any atom is -0.332 e. The Morgan fingerprint density at radius 2 is 1.62 bits per heavy atom. The van der Waals surface area contributed by atoms with E-state index in [0.29, 0.717) is 15.5 Å². The molecule has 37 heavy (non-hydrogen) atoms. The molecule has 0 bridgehead atoms. The van der Waals surface area contributed by atoms with Crippen LogP contribution in [-0.4, -0.2) is 69.7 Å². The zero-order chi connectivity index (χ0) is 27.2. The molecule has 2 heterocycles. The molecule has 1 saturated heterocycles. The molecule has 2 aliphatic heterocycles. The van der Waals surface area contributed by atoms with Gasteiger partial charge in [-0.25, -0.2) is 0 Å². The molecule has 0 spiro atoms. The summed E-state index contributed by atoms with van der Waals surface area (Å²) >= 11 is 6.14. The van der Waals surface area contributed by atoms with E-state index in [-0.39, 0.29) is 24.0 Å². The first-order valence-electron chi connectivity index (χ1n) is 11.7. The third-order valence-electron chi connectivity index (χ3n) is 7.10. The Balaban J connectivity index is 1.77. The lowest BCUT2D eigenvalue weighted by atomic mass is 10.0. The molecule has 0 N–H and O–H groups in total. The van der Waals surface area contributed by atoms with Crippen LogP contribution in [0.3, 0.4) is 0 Å². The third kappa shape index (κ3) is 4.70. The summed E-state index contributed by atoms with van der Waals surface area (Å²) in [5, 5.41) is 0.343. The Morgan fingerprint density at radius 3 is 2.14 bits per heavy atom. The maximum Gasteiger partial charge on any atom is 0.410 e. The minimum atomic E-state index is -4.84. The van der Waals surface area contributed by atoms with Gasteiger partial charge in [-0.3, -0.25) is 24.1 Å². The van der Waals surface area contributed by atoms with Crippen molar-refractivity contribution in [3.8, 4) is 0 Å². The fraction of sp³-hybridized carbons (Fsp3) is 0.385. The van der Waals surface area contributed by atoms with Gasteiger partial charge in [0.05, 0.1) is 23.2 Å². The number of nitrogens with zero attached hydrogens (tertiary/aromatic N) is 3. The van der Waals surface area contributed by atoms with Crippen LogP contribution in [0, 0.1) is 0 Å². The Labute approximate surface area is 216 Å². The first-order valence-corrected chi connectivity index (χ1v) is 12.1. The van der Waals surface area contributed by atoms with Crippen LogP contribution in [0.15, 0.2) is 48.5 Å². The predicted octanol–water partition coefficient (Wildman–Crippen LogP) is 4.47. The highest BCUT2D eigenvalue weighted by atomic mass is 35.5. The van der Waals surface area contributed by atoms with Gasteiger partial charge in [0, 0.05) is 19.0 Å². The average Bonchev–Trinajstić information content (AvgIpc) is 3.36. The zero-order valence-electron chi connectivity index (χ0n) is 20.3. The van der Waals surface area contributed by atoms with Crippen LogP contribution >= 0.6 is 11.6 Å². The second kappa shape index (κ2) is 9.81. The number of alkyl halides is 3. The topological polar surface area (TPSA) is 78.0 Å². The number of likely N-dealkylation sites (tertiary alicyclic amines) is 1. The highest BCUT2D eigenvalue weighted by Gasteiger charge is 2.55. The van der Waals surface area contributed by atoms with Gasteiger partial charge >= 0.3 is 6.18 Å². The molecular weight excluding hydrogens is 511 g/mol. The van der Waals surface area contributed by atoms with E-state index in [1.165, 1.54) is 19.1 Å². The second-order valence-corrected chi connectivity index (χ2v) is 9.72. The van der Waals surface area contributed by atoms with E-state index in [0.717, 1.165) is 23.8 Å². The Morgan fingerprint density at radius 1 is 1.03 bits per heavy atom. The summed E-state index contributed by atoms with van der Waals surface area (Å²) in [4.78, 5) is 54.5. The number of fused-ring (bicyclic) bond motifs is 1. The van der Waals surface area contributed by atoms with Crippen LogP contribution in [-0.2, 0) is 9.59 Å². The molecule has 0 aromatic heterocycles. The molecule has 196 valence electrons. The summed E-state index contributed by atoms with van der Waals surface area (Å²) < 4.78 is 43.0. The normalized spacial score (nSPS) is 21.2. The first kappa shape index (κ1) is 26.7. The van der Waals surface area contributed by atoms with Crippen molar-refractivity contribution >= 4 is 35.2 Å². The fourth-order valence-electron chi connectivity index (χ4n) is 5.28. The summed E-state index contributed by atoms with van der Waals surface area (Å²) in [6, 6.07) is 6.62. The SMILES string of the molecule is CC(=O)N(C)C([C@H]1CC[C@@H](c2cccc(Cl)c2)N1C(=O)C(C)N1C(=O)c2ccccc2C1=O)C(F)(F)F. The van der Waals surface area contributed by atoms with Gasteiger partial charge in [-0.2, -0.15) is 13.2 Å². The smallest absolute Gasteiger partial charge is 0.332 e. The first-order chi connectivity index (χ1) is 17.3. The number of imide groups is 1. The van der Waals surface area contributed by atoms with Gasteiger partial charge in [0.15, 0.2) is 0 Å². The second-order valence-electron chi connectivity index (χ2n) is 9.28. The number of hydrogen-bond donors (Lipinski definition) is 0. The molecule has 0 saturated carbocycles. The number of carbonyl (C=O) groups excluding carboxylic acids is 4. The molecule has 2 aliphatic rings. The van der Waals surface area contributed by atoms with Crippen LogP contribution in [0.2, 0.25) is 5.02 Å². The molecule has 2 unspecified atom stereocenters. The molecule has 4 atom stereocenters. The summed E-state index contributed by atoms with van der Waals surface area (Å²) in [6.07, 6.45) is -4.73. The number of carbonyl (C=O) groups is 4. The summed E-state index contributed by atoms with van der Waals surface area (Å²) in [6.45, 7) is 2.35. The van der Waals surface area contributed by atoms with Gasteiger partial charge in [-0.05, 0) is 49.6 Å². The summed E-state index contributed by atoms with van der Waals surface area (Å²) in [5.41, 5.74) is 0.770. The van der Waals surface area contributed by atoms with Gasteiger partial charge in [-0.15, -0.1) is 0 Å². The van der Waals surface area contributed by atoms with Crippen molar-refractivity contribution in [2.75, 3.05) is 7.05 Å². The number of amides is 4. The van der Waals surface area contributed by atoms with Crippen molar-refractivity contribution in [2.45, 2.75) is 57.0 Å². The molecule has 0 aliphatic carbocycles. The Kier molecular flexibility index (Phi) is 7.07. The highest BCUT2D eigenvalue weighted by Crippen LogP contribution is 2.43. The third-order valence-corrected chi connectivity index (χ3v) is 7.34. The average molecular weight is 536 g/mol. The van der Waals surface area contributed by atoms with Crippen molar-refractivity contribution in [3.05, 3.63) is 70.2 Å². The number of hydrogen-bond acceptors (Lipinski definition) is 4. The highest BCUT2D eigenvalue weighted by molar-refractivity contribution is 6.30. The molecule has 1 fully saturated rings. The summed E-state index contributed by atoms with van der Waals surface area (Å²) in [7, 11) is 1.05. The number of rotatable bonds is 5. The molecular formula is C26H25ClF3N3O4. The van der Waals surface area contributed by atoms with Gasteiger partial charge in [0.2, 0.25) is 11.8 Å². The monoisotopic (exact) mass is 535 g/mol. The van der Waals surface area contributed by atoms with Crippen LogP contribution in [0.25, 0.3) is 0 Å². The van der Waals surface area contributed by atoms with E-state index in [2.05, 4.69) is 0 Å².